The molecule has 0 amide bonds. The minimum absolute atomic E-state index is 0.400. The summed E-state index contributed by atoms with van der Waals surface area (Å²) in [6, 6.07) is 0.400. The Morgan fingerprint density at radius 2 is 2.00 bits per heavy atom. The minimum atomic E-state index is 0.400. The number of likely N-dealkylation sites (N-methyl/N-ethyl adjacent to an activating group) is 1. The first-order valence-corrected chi connectivity index (χ1v) is 6.15. The first-order chi connectivity index (χ1) is 7.76. The van der Waals surface area contributed by atoms with Gasteiger partial charge in [-0.25, -0.2) is 10.4 Å². The second-order valence-electron chi connectivity index (χ2n) is 4.50. The van der Waals surface area contributed by atoms with E-state index >= 15 is 0 Å². The van der Waals surface area contributed by atoms with Crippen molar-refractivity contribution in [1.29, 1.82) is 0 Å². The summed E-state index contributed by atoms with van der Waals surface area (Å²) in [5.74, 6) is 0. The molecule has 1 saturated heterocycles. The number of piperazine rings is 1. The summed E-state index contributed by atoms with van der Waals surface area (Å²) in [5.41, 5.74) is 9.07. The SMILES string of the molecule is COCC(CCCN)NN1CCN(C)CC1. The smallest absolute Gasteiger partial charge is 0.0629 e. The van der Waals surface area contributed by atoms with Gasteiger partial charge in [-0.1, -0.05) is 0 Å². The number of rotatable bonds is 7. The van der Waals surface area contributed by atoms with E-state index in [9.17, 15) is 0 Å². The zero-order valence-electron chi connectivity index (χ0n) is 10.6. The molecule has 0 aromatic carbocycles. The van der Waals surface area contributed by atoms with E-state index in [2.05, 4.69) is 22.4 Å². The van der Waals surface area contributed by atoms with E-state index in [1.807, 2.05) is 0 Å². The highest BCUT2D eigenvalue weighted by molar-refractivity contribution is 4.71. The van der Waals surface area contributed by atoms with Crippen LogP contribution in [-0.4, -0.2) is 69.4 Å². The molecule has 0 aliphatic carbocycles. The van der Waals surface area contributed by atoms with Crippen molar-refractivity contribution in [3.8, 4) is 0 Å². The molecule has 5 heteroatoms. The van der Waals surface area contributed by atoms with Crippen molar-refractivity contribution < 1.29 is 4.74 Å². The predicted octanol–water partition coefficient (Wildman–Crippen LogP) is -0.508. The van der Waals surface area contributed by atoms with E-state index < -0.39 is 0 Å². The summed E-state index contributed by atoms with van der Waals surface area (Å²) in [4.78, 5) is 2.35. The van der Waals surface area contributed by atoms with Gasteiger partial charge in [-0.3, -0.25) is 0 Å². The van der Waals surface area contributed by atoms with Gasteiger partial charge in [0.15, 0.2) is 0 Å². The van der Waals surface area contributed by atoms with Crippen molar-refractivity contribution in [3.63, 3.8) is 0 Å². The zero-order valence-corrected chi connectivity index (χ0v) is 10.6. The van der Waals surface area contributed by atoms with Gasteiger partial charge in [-0.2, -0.15) is 0 Å². The minimum Gasteiger partial charge on any atom is -0.383 e. The number of hydrogen-bond donors (Lipinski definition) is 2. The van der Waals surface area contributed by atoms with E-state index in [4.69, 9.17) is 10.5 Å². The number of nitrogens with zero attached hydrogens (tertiary/aromatic N) is 2. The standard InChI is InChI=1S/C11H26N4O/c1-14-6-8-15(9-7-14)13-11(10-16-2)4-3-5-12/h11,13H,3-10,12H2,1-2H3. The molecule has 3 N–H and O–H groups in total. The molecule has 0 aromatic rings. The Kier molecular flexibility index (Phi) is 6.91. The highest BCUT2D eigenvalue weighted by Gasteiger charge is 2.17. The molecule has 0 radical (unpaired) electrons. The highest BCUT2D eigenvalue weighted by atomic mass is 16.5. The van der Waals surface area contributed by atoms with Crippen molar-refractivity contribution in [3.05, 3.63) is 0 Å². The van der Waals surface area contributed by atoms with E-state index in [1.54, 1.807) is 7.11 Å². The number of nitrogens with two attached hydrogens (primary N) is 1. The van der Waals surface area contributed by atoms with Gasteiger partial charge in [-0.05, 0) is 26.4 Å². The second kappa shape index (κ2) is 7.97. The first-order valence-electron chi connectivity index (χ1n) is 6.15. The van der Waals surface area contributed by atoms with Gasteiger partial charge in [0.1, 0.15) is 0 Å². The number of nitrogens with one attached hydrogen (secondary N) is 1. The average Bonchev–Trinajstić information content (AvgIpc) is 2.29. The van der Waals surface area contributed by atoms with Gasteiger partial charge in [0.25, 0.3) is 0 Å². The van der Waals surface area contributed by atoms with Crippen LogP contribution in [0.25, 0.3) is 0 Å². The monoisotopic (exact) mass is 230 g/mol. The Hall–Kier alpha value is -0.200. The largest absolute Gasteiger partial charge is 0.383 e. The third kappa shape index (κ3) is 5.23. The van der Waals surface area contributed by atoms with Crippen LogP contribution in [0, 0.1) is 0 Å². The van der Waals surface area contributed by atoms with Crippen LogP contribution in [0.1, 0.15) is 12.8 Å². The van der Waals surface area contributed by atoms with Crippen LogP contribution in [0.3, 0.4) is 0 Å². The maximum absolute atomic E-state index is 5.54. The van der Waals surface area contributed by atoms with Gasteiger partial charge in [0.05, 0.1) is 6.61 Å². The quantitative estimate of drug-likeness (QED) is 0.617. The van der Waals surface area contributed by atoms with E-state index in [0.717, 1.165) is 52.2 Å². The van der Waals surface area contributed by atoms with Gasteiger partial charge < -0.3 is 15.4 Å². The van der Waals surface area contributed by atoms with Crippen molar-refractivity contribution >= 4 is 0 Å². The van der Waals surface area contributed by atoms with Crippen LogP contribution in [0.15, 0.2) is 0 Å². The van der Waals surface area contributed by atoms with Crippen LogP contribution in [-0.2, 0) is 4.74 Å². The third-order valence-electron chi connectivity index (χ3n) is 2.99. The fourth-order valence-corrected chi connectivity index (χ4v) is 1.94. The maximum atomic E-state index is 5.54. The molecule has 1 heterocycles. The first kappa shape index (κ1) is 13.9. The van der Waals surface area contributed by atoms with Crippen LogP contribution in [0.2, 0.25) is 0 Å². The molecule has 0 aromatic heterocycles. The lowest BCUT2D eigenvalue weighted by atomic mass is 10.2. The summed E-state index contributed by atoms with van der Waals surface area (Å²) in [6.45, 7) is 5.93. The molecule has 1 fully saturated rings. The molecule has 1 rings (SSSR count). The summed E-state index contributed by atoms with van der Waals surface area (Å²) in [5, 5.41) is 2.31. The van der Waals surface area contributed by atoms with E-state index in [1.165, 1.54) is 0 Å². The highest BCUT2D eigenvalue weighted by Crippen LogP contribution is 2.01. The van der Waals surface area contributed by atoms with Crippen LogP contribution in [0.4, 0.5) is 0 Å². The fourth-order valence-electron chi connectivity index (χ4n) is 1.94. The molecule has 96 valence electrons. The molecular weight excluding hydrogens is 204 g/mol. The van der Waals surface area contributed by atoms with Crippen molar-refractivity contribution in [2.75, 3.05) is 53.5 Å². The summed E-state index contributed by atoms with van der Waals surface area (Å²) >= 11 is 0. The van der Waals surface area contributed by atoms with Gasteiger partial charge in [0.2, 0.25) is 0 Å². The normalized spacial score (nSPS) is 21.2. The van der Waals surface area contributed by atoms with Crippen LogP contribution < -0.4 is 11.2 Å². The fraction of sp³-hybridized carbons (Fsp3) is 1.00. The zero-order chi connectivity index (χ0) is 11.8. The Balaban J connectivity index is 2.24. The lowest BCUT2D eigenvalue weighted by molar-refractivity contribution is 0.0574. The molecule has 0 spiro atoms. The molecule has 16 heavy (non-hydrogen) atoms. The Morgan fingerprint density at radius 1 is 1.31 bits per heavy atom. The number of hydrogen-bond acceptors (Lipinski definition) is 5. The van der Waals surface area contributed by atoms with Crippen LogP contribution in [0.5, 0.6) is 0 Å². The second-order valence-corrected chi connectivity index (χ2v) is 4.50. The van der Waals surface area contributed by atoms with Gasteiger partial charge >= 0.3 is 0 Å². The average molecular weight is 230 g/mol. The molecule has 5 nitrogen and oxygen atoms in total. The maximum Gasteiger partial charge on any atom is 0.0629 e. The number of ether oxygens (including phenoxy) is 1. The molecule has 1 aliphatic rings. The molecule has 0 saturated carbocycles. The lowest BCUT2D eigenvalue weighted by Gasteiger charge is -2.35. The van der Waals surface area contributed by atoms with E-state index in [0.29, 0.717) is 6.04 Å². The van der Waals surface area contributed by atoms with Crippen LogP contribution >= 0.6 is 0 Å². The molecule has 1 unspecified atom stereocenters. The topological polar surface area (TPSA) is 53.8 Å². The van der Waals surface area contributed by atoms with Gasteiger partial charge in [-0.15, -0.1) is 0 Å². The Labute approximate surface area is 98.9 Å². The number of methoxy groups -OCH3 is 1. The van der Waals surface area contributed by atoms with Gasteiger partial charge in [0, 0.05) is 39.3 Å². The molecule has 0 bridgehead atoms. The van der Waals surface area contributed by atoms with E-state index in [-0.39, 0.29) is 0 Å². The van der Waals surface area contributed by atoms with Crippen molar-refractivity contribution in [2.45, 2.75) is 18.9 Å². The summed E-state index contributed by atoms with van der Waals surface area (Å²) in [7, 11) is 3.92. The summed E-state index contributed by atoms with van der Waals surface area (Å²) in [6.07, 6.45) is 2.13. The van der Waals surface area contributed by atoms with Crippen molar-refractivity contribution in [2.24, 2.45) is 5.73 Å². The third-order valence-corrected chi connectivity index (χ3v) is 2.99. The molecular formula is C11H26N4O. The number of hydrazine groups is 1. The Bertz CT molecular complexity index is 171. The lowest BCUT2D eigenvalue weighted by Crippen LogP contribution is -2.54. The molecule has 1 aliphatic heterocycles. The molecule has 1 atom stereocenters. The Morgan fingerprint density at radius 3 is 2.56 bits per heavy atom. The van der Waals surface area contributed by atoms with Crippen molar-refractivity contribution in [1.82, 2.24) is 15.3 Å². The summed E-state index contributed by atoms with van der Waals surface area (Å²) < 4.78 is 5.22. The predicted molar refractivity (Wildman–Crippen MR) is 66.2 cm³/mol.